The number of primary amides is 1. The van der Waals surface area contributed by atoms with Gasteiger partial charge in [-0.05, 0) is 56.8 Å². The summed E-state index contributed by atoms with van der Waals surface area (Å²) < 4.78 is 0. The van der Waals surface area contributed by atoms with E-state index in [1.165, 1.54) is 0 Å². The van der Waals surface area contributed by atoms with Gasteiger partial charge in [-0.2, -0.15) is 0 Å². The van der Waals surface area contributed by atoms with Crippen LogP contribution >= 0.6 is 0 Å². The zero-order valence-corrected chi connectivity index (χ0v) is 23.1. The van der Waals surface area contributed by atoms with Crippen molar-refractivity contribution < 1.29 is 29.1 Å². The maximum absolute atomic E-state index is 13.5. The van der Waals surface area contributed by atoms with Crippen molar-refractivity contribution in [3.8, 4) is 0 Å². The van der Waals surface area contributed by atoms with Crippen molar-refractivity contribution in [3.05, 3.63) is 36.0 Å². The molecule has 0 radical (unpaired) electrons. The monoisotopic (exact) mass is 574 g/mol. The van der Waals surface area contributed by atoms with Gasteiger partial charge >= 0.3 is 5.97 Å². The summed E-state index contributed by atoms with van der Waals surface area (Å²) in [6.45, 7) is 0.865. The van der Waals surface area contributed by atoms with E-state index in [1.807, 2.05) is 24.3 Å². The summed E-state index contributed by atoms with van der Waals surface area (Å²) in [4.78, 5) is 65.7. The van der Waals surface area contributed by atoms with Crippen LogP contribution in [0.15, 0.2) is 30.5 Å². The average Bonchev–Trinajstić information content (AvgIpc) is 3.34. The molecule has 13 N–H and O–H groups in total. The standard InChI is InChI=1S/C27H42N8O6/c28-11-5-3-8-18(30)24(37)33-20(10-4-6-12-29)25(38)34-21(26(39)35-22(27(40)41)14-23(31)36)13-16-15-32-19-9-2-1-7-17(16)19/h1-2,7,9,15,18,20-22,32H,3-6,8,10-14,28-30H2,(H2,31,36)(H,33,37)(H,34,38)(H,35,39)(H,40,41). The molecule has 1 aromatic heterocycles. The minimum Gasteiger partial charge on any atom is -0.480 e. The number of para-hydroxylation sites is 1. The maximum atomic E-state index is 13.5. The first-order chi connectivity index (χ1) is 19.6. The minimum absolute atomic E-state index is 0.00737. The number of benzene rings is 1. The van der Waals surface area contributed by atoms with Gasteiger partial charge in [0.15, 0.2) is 0 Å². The molecule has 0 spiro atoms. The van der Waals surface area contributed by atoms with E-state index in [2.05, 4.69) is 20.9 Å². The fraction of sp³-hybridized carbons (Fsp3) is 0.519. The molecule has 226 valence electrons. The van der Waals surface area contributed by atoms with Crippen LogP contribution in [0.3, 0.4) is 0 Å². The number of aliphatic carboxylic acids is 1. The topological polar surface area (TPSA) is 262 Å². The lowest BCUT2D eigenvalue weighted by atomic mass is 10.0. The molecule has 0 aliphatic rings. The number of carboxylic acid groups (broad SMARTS) is 1. The second-order valence-corrected chi connectivity index (χ2v) is 9.93. The van der Waals surface area contributed by atoms with Crippen molar-refractivity contribution in [2.75, 3.05) is 13.1 Å². The number of nitrogens with two attached hydrogens (primary N) is 4. The number of rotatable bonds is 19. The van der Waals surface area contributed by atoms with Crippen LogP contribution in [-0.4, -0.2) is 76.9 Å². The Morgan fingerprint density at radius 1 is 0.805 bits per heavy atom. The van der Waals surface area contributed by atoms with Crippen LogP contribution in [0, 0.1) is 0 Å². The number of hydrogen-bond acceptors (Lipinski definition) is 8. The Morgan fingerprint density at radius 3 is 2.02 bits per heavy atom. The number of amides is 4. The van der Waals surface area contributed by atoms with Crippen LogP contribution in [0.1, 0.15) is 50.5 Å². The normalized spacial score (nSPS) is 14.0. The predicted octanol–water partition coefficient (Wildman–Crippen LogP) is -1.29. The summed E-state index contributed by atoms with van der Waals surface area (Å²) in [6.07, 6.45) is 4.17. The fourth-order valence-electron chi connectivity index (χ4n) is 4.36. The van der Waals surface area contributed by atoms with Gasteiger partial charge in [-0.25, -0.2) is 4.79 Å². The molecular weight excluding hydrogens is 532 g/mol. The summed E-state index contributed by atoms with van der Waals surface area (Å²) in [5.41, 5.74) is 23.8. The third-order valence-electron chi connectivity index (χ3n) is 6.64. The second-order valence-electron chi connectivity index (χ2n) is 9.93. The lowest BCUT2D eigenvalue weighted by Crippen LogP contribution is -2.57. The van der Waals surface area contributed by atoms with Crippen LogP contribution in [0.4, 0.5) is 0 Å². The maximum Gasteiger partial charge on any atom is 0.326 e. The van der Waals surface area contributed by atoms with Crippen molar-refractivity contribution in [2.24, 2.45) is 22.9 Å². The van der Waals surface area contributed by atoms with E-state index < -0.39 is 60.2 Å². The van der Waals surface area contributed by atoms with Gasteiger partial charge in [-0.1, -0.05) is 24.6 Å². The number of nitrogens with one attached hydrogen (secondary N) is 4. The first-order valence-corrected chi connectivity index (χ1v) is 13.7. The van der Waals surface area contributed by atoms with E-state index >= 15 is 0 Å². The molecule has 4 amide bonds. The number of unbranched alkanes of at least 4 members (excludes halogenated alkanes) is 2. The van der Waals surface area contributed by atoms with Gasteiger partial charge in [-0.3, -0.25) is 19.2 Å². The van der Waals surface area contributed by atoms with E-state index in [9.17, 15) is 29.1 Å². The molecular formula is C27H42N8O6. The van der Waals surface area contributed by atoms with Crippen LogP contribution < -0.4 is 38.9 Å². The molecule has 4 unspecified atom stereocenters. The molecule has 2 aromatic rings. The Balaban J connectivity index is 2.29. The summed E-state index contributed by atoms with van der Waals surface area (Å²) >= 11 is 0. The molecule has 4 atom stereocenters. The lowest BCUT2D eigenvalue weighted by molar-refractivity contribution is -0.143. The van der Waals surface area contributed by atoms with Crippen molar-refractivity contribution in [1.82, 2.24) is 20.9 Å². The first kappa shape index (κ1) is 33.2. The Kier molecular flexibility index (Phi) is 13.7. The number of carbonyl (C=O) groups excluding carboxylic acids is 4. The van der Waals surface area contributed by atoms with Gasteiger partial charge in [0.1, 0.15) is 18.1 Å². The largest absolute Gasteiger partial charge is 0.480 e. The molecule has 0 bridgehead atoms. The molecule has 0 aliphatic carbocycles. The number of aromatic amines is 1. The summed E-state index contributed by atoms with van der Waals surface area (Å²) in [6, 6.07) is 2.64. The van der Waals surface area contributed by atoms with Crippen molar-refractivity contribution in [2.45, 2.75) is 75.5 Å². The number of carbonyl (C=O) groups is 5. The average molecular weight is 575 g/mol. The highest BCUT2D eigenvalue weighted by Crippen LogP contribution is 2.19. The summed E-state index contributed by atoms with van der Waals surface area (Å²) in [5.74, 6) is -4.36. The number of aromatic nitrogens is 1. The molecule has 41 heavy (non-hydrogen) atoms. The Hall–Kier alpha value is -4.01. The highest BCUT2D eigenvalue weighted by atomic mass is 16.4. The molecule has 0 saturated carbocycles. The highest BCUT2D eigenvalue weighted by Gasteiger charge is 2.31. The van der Waals surface area contributed by atoms with Gasteiger partial charge in [0.25, 0.3) is 0 Å². The third kappa shape index (κ3) is 10.8. The van der Waals surface area contributed by atoms with Gasteiger partial charge in [0, 0.05) is 23.5 Å². The Bertz CT molecular complexity index is 1190. The van der Waals surface area contributed by atoms with E-state index in [0.29, 0.717) is 50.8 Å². The first-order valence-electron chi connectivity index (χ1n) is 13.7. The van der Waals surface area contributed by atoms with Gasteiger partial charge in [-0.15, -0.1) is 0 Å². The van der Waals surface area contributed by atoms with Gasteiger partial charge < -0.3 is 49.0 Å². The van der Waals surface area contributed by atoms with Gasteiger partial charge in [0.2, 0.25) is 23.6 Å². The number of fused-ring (bicyclic) bond motifs is 1. The molecule has 1 aromatic carbocycles. The number of H-pyrrole nitrogens is 1. The molecule has 1 heterocycles. The zero-order chi connectivity index (χ0) is 30.4. The lowest BCUT2D eigenvalue weighted by Gasteiger charge is -2.25. The molecule has 0 aliphatic heterocycles. The van der Waals surface area contributed by atoms with Crippen LogP contribution in [0.5, 0.6) is 0 Å². The van der Waals surface area contributed by atoms with E-state index in [0.717, 1.165) is 10.9 Å². The van der Waals surface area contributed by atoms with Crippen molar-refractivity contribution in [3.63, 3.8) is 0 Å². The quantitative estimate of drug-likeness (QED) is 0.0902. The second kappa shape index (κ2) is 16.9. The smallest absolute Gasteiger partial charge is 0.326 e. The van der Waals surface area contributed by atoms with Crippen molar-refractivity contribution >= 4 is 40.5 Å². The molecule has 2 rings (SSSR count). The number of hydrogen-bond donors (Lipinski definition) is 9. The van der Waals surface area contributed by atoms with E-state index in [4.69, 9.17) is 22.9 Å². The number of carboxylic acids is 1. The molecule has 0 saturated heterocycles. The predicted molar refractivity (Wildman–Crippen MR) is 153 cm³/mol. The van der Waals surface area contributed by atoms with Crippen molar-refractivity contribution in [1.29, 1.82) is 0 Å². The summed E-state index contributed by atoms with van der Waals surface area (Å²) in [7, 11) is 0. The van der Waals surface area contributed by atoms with Crippen LogP contribution in [0.2, 0.25) is 0 Å². The van der Waals surface area contributed by atoms with Crippen LogP contribution in [-0.2, 0) is 30.4 Å². The molecule has 0 fully saturated rings. The third-order valence-corrected chi connectivity index (χ3v) is 6.64. The molecule has 14 nitrogen and oxygen atoms in total. The van der Waals surface area contributed by atoms with E-state index in [1.54, 1.807) is 6.20 Å². The Morgan fingerprint density at radius 2 is 1.39 bits per heavy atom. The highest BCUT2D eigenvalue weighted by molar-refractivity contribution is 5.95. The van der Waals surface area contributed by atoms with Gasteiger partial charge in [0.05, 0.1) is 12.5 Å². The fourth-order valence-corrected chi connectivity index (χ4v) is 4.36. The van der Waals surface area contributed by atoms with Crippen LogP contribution in [0.25, 0.3) is 10.9 Å². The zero-order valence-electron chi connectivity index (χ0n) is 23.1. The minimum atomic E-state index is -1.59. The van der Waals surface area contributed by atoms with E-state index in [-0.39, 0.29) is 12.8 Å². The summed E-state index contributed by atoms with van der Waals surface area (Å²) in [5, 5.41) is 17.9. The Labute approximate surface area is 238 Å². The SMILES string of the molecule is NCCCCC(N)C(=O)NC(CCCCN)C(=O)NC(Cc1c[nH]c2ccccc12)C(=O)NC(CC(N)=O)C(=O)O. The molecule has 14 heteroatoms.